The third kappa shape index (κ3) is 9.30. The van der Waals surface area contributed by atoms with Crippen LogP contribution in [0.5, 0.6) is 0 Å². The second kappa shape index (κ2) is 14.9. The van der Waals surface area contributed by atoms with E-state index >= 15 is 0 Å². The molecule has 0 saturated carbocycles. The lowest BCUT2D eigenvalue weighted by Gasteiger charge is -2.40. The summed E-state index contributed by atoms with van der Waals surface area (Å²) in [7, 11) is 0. The first-order valence-corrected chi connectivity index (χ1v) is 15.5. The van der Waals surface area contributed by atoms with Gasteiger partial charge in [0, 0.05) is 36.8 Å². The van der Waals surface area contributed by atoms with Crippen LogP contribution in [0.25, 0.3) is 0 Å². The lowest BCUT2D eigenvalue weighted by molar-refractivity contribution is -0.136. The van der Waals surface area contributed by atoms with Crippen molar-refractivity contribution in [2.24, 2.45) is 17.4 Å². The standard InChI is InChI=1S/C32H46ClFN8O3/c1-6-32(5,7-2)45-13-12-31(3,4)42(30(37)38)18-19-8-10-23-20(14-19)15-21(17-39-29(35)36)26(23)41-28(44)27(43)40-22-9-11-24(33)25(34)16-22/h8-11,14,16,21,26H,6-7,12-13,15,17-18H2,1-5H3,(H3,37,38)(H,40,43)(H,41,44)(H4,35,36,39)/t21-,26-/m1/s1. The van der Waals surface area contributed by atoms with Gasteiger partial charge in [-0.25, -0.2) is 4.39 Å². The summed E-state index contributed by atoms with van der Waals surface area (Å²) in [6, 6.07) is 9.01. The van der Waals surface area contributed by atoms with Gasteiger partial charge < -0.3 is 37.1 Å². The van der Waals surface area contributed by atoms with Crippen LogP contribution in [0.15, 0.2) is 36.4 Å². The van der Waals surface area contributed by atoms with Gasteiger partial charge in [0.15, 0.2) is 11.9 Å². The monoisotopic (exact) mass is 644 g/mol. The Morgan fingerprint density at radius 1 is 1.09 bits per heavy atom. The van der Waals surface area contributed by atoms with Crippen LogP contribution in [0, 0.1) is 22.6 Å². The molecule has 9 N–H and O–H groups in total. The molecule has 0 spiro atoms. The maximum Gasteiger partial charge on any atom is 0.313 e. The minimum absolute atomic E-state index is 0.0468. The smallest absolute Gasteiger partial charge is 0.313 e. The molecule has 2 aromatic rings. The van der Waals surface area contributed by atoms with Crippen molar-refractivity contribution >= 4 is 41.0 Å². The van der Waals surface area contributed by atoms with Crippen molar-refractivity contribution in [3.63, 3.8) is 0 Å². The SMILES string of the molecule is CCC(C)(CC)OCCC(C)(C)N(Cc1ccc2c(c1)C[C@H](CNC(=N)N)[C@H]2NC(=O)C(=O)Nc1ccc(Cl)c(F)c1)C(=N)N. The molecule has 0 unspecified atom stereocenters. The quantitative estimate of drug-likeness (QED) is 0.0958. The van der Waals surface area contributed by atoms with Gasteiger partial charge in [-0.2, -0.15) is 0 Å². The fourth-order valence-electron chi connectivity index (χ4n) is 5.43. The summed E-state index contributed by atoms with van der Waals surface area (Å²) < 4.78 is 20.0. The maximum absolute atomic E-state index is 13.8. The first kappa shape index (κ1) is 35.6. The molecule has 2 amide bonds. The number of fused-ring (bicyclic) bond motifs is 1. The predicted molar refractivity (Wildman–Crippen MR) is 176 cm³/mol. The highest BCUT2D eigenvalue weighted by Gasteiger charge is 2.36. The molecule has 3 rings (SSSR count). The molecule has 0 heterocycles. The van der Waals surface area contributed by atoms with Gasteiger partial charge in [0.25, 0.3) is 0 Å². The molecule has 0 fully saturated rings. The minimum Gasteiger partial charge on any atom is -0.375 e. The van der Waals surface area contributed by atoms with Crippen LogP contribution in [-0.4, -0.2) is 52.9 Å². The van der Waals surface area contributed by atoms with E-state index in [1.807, 2.05) is 36.9 Å². The highest BCUT2D eigenvalue weighted by atomic mass is 35.5. The molecular weight excluding hydrogens is 599 g/mol. The maximum atomic E-state index is 13.8. The number of rotatable bonds is 13. The van der Waals surface area contributed by atoms with Crippen molar-refractivity contribution in [3.05, 3.63) is 63.9 Å². The molecule has 0 radical (unpaired) electrons. The summed E-state index contributed by atoms with van der Waals surface area (Å²) in [5, 5.41) is 23.8. The van der Waals surface area contributed by atoms with Crippen molar-refractivity contribution in [3.8, 4) is 0 Å². The van der Waals surface area contributed by atoms with E-state index in [1.54, 1.807) is 0 Å². The van der Waals surface area contributed by atoms with E-state index in [2.05, 4.69) is 36.7 Å². The second-order valence-corrected chi connectivity index (χ2v) is 12.8. The molecule has 0 saturated heterocycles. The van der Waals surface area contributed by atoms with Gasteiger partial charge in [-0.15, -0.1) is 0 Å². The Hall–Kier alpha value is -3.90. The number of guanidine groups is 2. The van der Waals surface area contributed by atoms with Crippen molar-refractivity contribution < 1.29 is 18.7 Å². The van der Waals surface area contributed by atoms with E-state index in [-0.39, 0.29) is 40.7 Å². The Bertz CT molecular complexity index is 1410. The van der Waals surface area contributed by atoms with E-state index in [9.17, 15) is 14.0 Å². The van der Waals surface area contributed by atoms with Gasteiger partial charge in [-0.1, -0.05) is 43.6 Å². The second-order valence-electron chi connectivity index (χ2n) is 12.4. The fraction of sp³-hybridized carbons (Fsp3) is 0.500. The van der Waals surface area contributed by atoms with E-state index in [1.165, 1.54) is 12.1 Å². The number of nitrogens with two attached hydrogens (primary N) is 2. The van der Waals surface area contributed by atoms with Gasteiger partial charge in [0.2, 0.25) is 0 Å². The van der Waals surface area contributed by atoms with Crippen LogP contribution in [-0.2, 0) is 27.3 Å². The largest absolute Gasteiger partial charge is 0.375 e. The first-order chi connectivity index (χ1) is 21.1. The number of hydrogen-bond acceptors (Lipinski definition) is 5. The average molecular weight is 645 g/mol. The zero-order valence-electron chi connectivity index (χ0n) is 26.7. The first-order valence-electron chi connectivity index (χ1n) is 15.1. The lowest BCUT2D eigenvalue weighted by Crippen LogP contribution is -2.51. The summed E-state index contributed by atoms with van der Waals surface area (Å²) in [6.45, 7) is 11.6. The van der Waals surface area contributed by atoms with Gasteiger partial charge in [-0.3, -0.25) is 20.4 Å². The molecule has 11 nitrogen and oxygen atoms in total. The van der Waals surface area contributed by atoms with Crippen LogP contribution in [0.3, 0.4) is 0 Å². The summed E-state index contributed by atoms with van der Waals surface area (Å²) in [5.41, 5.74) is 13.8. The number of nitrogens with one attached hydrogen (secondary N) is 5. The topological polar surface area (TPSA) is 182 Å². The van der Waals surface area contributed by atoms with E-state index in [4.69, 9.17) is 38.6 Å². The van der Waals surface area contributed by atoms with Crippen molar-refractivity contribution in [2.75, 3.05) is 18.5 Å². The summed E-state index contributed by atoms with van der Waals surface area (Å²) in [6.07, 6.45) is 3.03. The lowest BCUT2D eigenvalue weighted by atomic mass is 9.96. The molecule has 13 heteroatoms. The van der Waals surface area contributed by atoms with Gasteiger partial charge in [0.05, 0.1) is 16.7 Å². The number of carbonyl (C=O) groups is 2. The number of amides is 2. The minimum atomic E-state index is -0.957. The number of carbonyl (C=O) groups excluding carboxylic acids is 2. The number of ether oxygens (including phenoxy) is 1. The number of halogens is 2. The molecule has 2 atom stereocenters. The number of nitrogens with zero attached hydrogens (tertiary/aromatic N) is 1. The molecular formula is C32H46ClFN8O3. The fourth-order valence-corrected chi connectivity index (χ4v) is 5.55. The number of anilines is 1. The summed E-state index contributed by atoms with van der Waals surface area (Å²) in [5.74, 6) is -3.04. The zero-order chi connectivity index (χ0) is 33.5. The average Bonchev–Trinajstić information content (AvgIpc) is 3.32. The Morgan fingerprint density at radius 3 is 2.38 bits per heavy atom. The molecule has 45 heavy (non-hydrogen) atoms. The third-order valence-corrected chi connectivity index (χ3v) is 9.05. The van der Waals surface area contributed by atoms with Crippen molar-refractivity contribution in [1.82, 2.24) is 15.5 Å². The van der Waals surface area contributed by atoms with Crippen LogP contribution < -0.4 is 27.4 Å². The number of benzene rings is 2. The van der Waals surface area contributed by atoms with Crippen molar-refractivity contribution in [2.45, 2.75) is 84.0 Å². The number of hydrogen-bond donors (Lipinski definition) is 7. The molecule has 0 bridgehead atoms. The van der Waals surface area contributed by atoms with E-state index in [0.29, 0.717) is 26.0 Å². The highest BCUT2D eigenvalue weighted by Crippen LogP contribution is 2.37. The predicted octanol–water partition coefficient (Wildman–Crippen LogP) is 4.39. The zero-order valence-corrected chi connectivity index (χ0v) is 27.4. The Labute approximate surface area is 269 Å². The molecule has 0 aliphatic heterocycles. The molecule has 2 aromatic carbocycles. The molecule has 1 aliphatic carbocycles. The molecule has 1 aliphatic rings. The van der Waals surface area contributed by atoms with Gasteiger partial charge >= 0.3 is 11.8 Å². The summed E-state index contributed by atoms with van der Waals surface area (Å²) in [4.78, 5) is 27.5. The van der Waals surface area contributed by atoms with Crippen LogP contribution in [0.4, 0.5) is 10.1 Å². The van der Waals surface area contributed by atoms with Crippen molar-refractivity contribution in [1.29, 1.82) is 10.8 Å². The van der Waals surface area contributed by atoms with Gasteiger partial charge in [0.1, 0.15) is 5.82 Å². The normalized spacial score (nSPS) is 16.1. The Balaban J connectivity index is 1.77. The Kier molecular flexibility index (Phi) is 11.8. The van der Waals surface area contributed by atoms with E-state index in [0.717, 1.165) is 35.6 Å². The highest BCUT2D eigenvalue weighted by molar-refractivity contribution is 6.39. The van der Waals surface area contributed by atoms with E-state index < -0.39 is 29.2 Å². The van der Waals surface area contributed by atoms with Crippen LogP contribution in [0.2, 0.25) is 5.02 Å². The van der Waals surface area contributed by atoms with Gasteiger partial charge in [-0.05, 0) is 81.3 Å². The third-order valence-electron chi connectivity index (χ3n) is 8.74. The van der Waals surface area contributed by atoms with Crippen LogP contribution >= 0.6 is 11.6 Å². The van der Waals surface area contributed by atoms with Crippen LogP contribution in [0.1, 0.15) is 76.6 Å². The summed E-state index contributed by atoms with van der Waals surface area (Å²) >= 11 is 5.71. The Morgan fingerprint density at radius 2 is 1.78 bits per heavy atom. The molecule has 0 aromatic heterocycles. The molecule has 246 valence electrons.